The molecule has 4 aliphatic carbocycles. The number of aromatic nitrogens is 2. The summed E-state index contributed by atoms with van der Waals surface area (Å²) in [5, 5.41) is 11.4. The molecule has 160 valence electrons. The lowest BCUT2D eigenvalue weighted by Crippen LogP contribution is -2.60. The van der Waals surface area contributed by atoms with Gasteiger partial charge in [0.15, 0.2) is 0 Å². The number of nitrogens with one attached hydrogen (secondary N) is 2. The van der Waals surface area contributed by atoms with Gasteiger partial charge >= 0.3 is 0 Å². The fourth-order valence-electron chi connectivity index (χ4n) is 6.24. The van der Waals surface area contributed by atoms with Crippen LogP contribution in [-0.2, 0) is 4.74 Å². The molecular weight excluding hydrogens is 376 g/mol. The Bertz CT molecular complexity index is 888. The molecule has 1 aromatic heterocycles. The third kappa shape index (κ3) is 3.51. The molecule has 6 nitrogen and oxygen atoms in total. The van der Waals surface area contributed by atoms with Crippen LogP contribution < -0.4 is 10.6 Å². The number of hydrogen-bond donors (Lipinski definition) is 2. The van der Waals surface area contributed by atoms with Crippen molar-refractivity contribution in [2.45, 2.75) is 51.0 Å². The highest BCUT2D eigenvalue weighted by Gasteiger charge is 2.57. The Balaban J connectivity index is 1.36. The van der Waals surface area contributed by atoms with Crippen molar-refractivity contribution < 1.29 is 9.53 Å². The van der Waals surface area contributed by atoms with Crippen molar-refractivity contribution in [3.63, 3.8) is 0 Å². The van der Waals surface area contributed by atoms with E-state index in [9.17, 15) is 4.79 Å². The zero-order valence-corrected chi connectivity index (χ0v) is 17.8. The van der Waals surface area contributed by atoms with Crippen molar-refractivity contribution in [2.75, 3.05) is 25.6 Å². The molecule has 1 heterocycles. The lowest BCUT2D eigenvalue weighted by atomic mass is 9.45. The van der Waals surface area contributed by atoms with Gasteiger partial charge in [-0.15, -0.1) is 0 Å². The first kappa shape index (κ1) is 19.6. The molecule has 0 saturated heterocycles. The number of para-hydroxylation sites is 1. The van der Waals surface area contributed by atoms with Crippen LogP contribution in [0, 0.1) is 17.3 Å². The maximum Gasteiger partial charge on any atom is 0.256 e. The van der Waals surface area contributed by atoms with Crippen LogP contribution in [0.4, 0.5) is 5.82 Å². The number of anilines is 1. The number of carbonyl (C=O) groups is 1. The quantitative estimate of drug-likeness (QED) is 0.648. The van der Waals surface area contributed by atoms with Gasteiger partial charge in [0, 0.05) is 26.3 Å². The van der Waals surface area contributed by atoms with Gasteiger partial charge in [-0.3, -0.25) is 4.79 Å². The summed E-state index contributed by atoms with van der Waals surface area (Å²) >= 11 is 0. The molecule has 2 atom stereocenters. The number of hydrogen-bond acceptors (Lipinski definition) is 4. The van der Waals surface area contributed by atoms with Crippen molar-refractivity contribution in [1.29, 1.82) is 0 Å². The van der Waals surface area contributed by atoms with Gasteiger partial charge < -0.3 is 15.4 Å². The number of nitrogens with zero attached hydrogens (tertiary/aromatic N) is 2. The minimum absolute atomic E-state index is 0.00160. The fourth-order valence-corrected chi connectivity index (χ4v) is 6.24. The lowest BCUT2D eigenvalue weighted by molar-refractivity contribution is -0.0940. The predicted molar refractivity (Wildman–Crippen MR) is 117 cm³/mol. The van der Waals surface area contributed by atoms with Crippen LogP contribution in [-0.4, -0.2) is 42.0 Å². The zero-order valence-electron chi connectivity index (χ0n) is 17.8. The van der Waals surface area contributed by atoms with Crippen molar-refractivity contribution >= 4 is 11.7 Å². The van der Waals surface area contributed by atoms with Gasteiger partial charge in [-0.1, -0.05) is 18.2 Å². The maximum absolute atomic E-state index is 13.4. The Labute approximate surface area is 178 Å². The second-order valence-corrected chi connectivity index (χ2v) is 9.47. The van der Waals surface area contributed by atoms with Crippen molar-refractivity contribution in [1.82, 2.24) is 15.1 Å². The van der Waals surface area contributed by atoms with E-state index in [0.717, 1.165) is 42.7 Å². The SMILES string of the molecule is COCCCNc1c(C(=O)NC2CCC3CC4CC2(C3)C4)cnn1-c1ccccc1. The van der Waals surface area contributed by atoms with Crippen LogP contribution in [0.1, 0.15) is 55.3 Å². The van der Waals surface area contributed by atoms with Gasteiger partial charge in [-0.2, -0.15) is 5.10 Å². The maximum atomic E-state index is 13.4. The summed E-state index contributed by atoms with van der Waals surface area (Å²) in [6, 6.07) is 10.3. The summed E-state index contributed by atoms with van der Waals surface area (Å²) in [5.41, 5.74) is 1.93. The van der Waals surface area contributed by atoms with Crippen LogP contribution in [0.15, 0.2) is 36.5 Å². The van der Waals surface area contributed by atoms with Gasteiger partial charge in [0.2, 0.25) is 0 Å². The molecule has 1 aromatic carbocycles. The number of rotatable bonds is 8. The molecule has 1 spiro atoms. The van der Waals surface area contributed by atoms with E-state index >= 15 is 0 Å². The van der Waals surface area contributed by atoms with Gasteiger partial charge in [0.1, 0.15) is 11.4 Å². The molecule has 6 rings (SSSR count). The number of carbonyl (C=O) groups excluding carboxylic acids is 1. The number of amides is 1. The molecule has 3 bridgehead atoms. The average molecular weight is 409 g/mol. The first-order valence-corrected chi connectivity index (χ1v) is 11.4. The van der Waals surface area contributed by atoms with Crippen molar-refractivity contribution in [3.05, 3.63) is 42.1 Å². The third-order valence-electron chi connectivity index (χ3n) is 7.49. The molecule has 0 radical (unpaired) electrons. The van der Waals surface area contributed by atoms with E-state index in [2.05, 4.69) is 15.7 Å². The van der Waals surface area contributed by atoms with Crippen LogP contribution in [0.2, 0.25) is 0 Å². The van der Waals surface area contributed by atoms with Gasteiger partial charge in [-0.25, -0.2) is 4.68 Å². The Morgan fingerprint density at radius 3 is 2.80 bits per heavy atom. The summed E-state index contributed by atoms with van der Waals surface area (Å²) in [4.78, 5) is 13.4. The molecule has 1 amide bonds. The topological polar surface area (TPSA) is 68.2 Å². The molecule has 4 saturated carbocycles. The summed E-state index contributed by atoms with van der Waals surface area (Å²) < 4.78 is 7.00. The predicted octanol–water partition coefficient (Wildman–Crippen LogP) is 4.02. The minimum Gasteiger partial charge on any atom is -0.385 e. The normalized spacial score (nSPS) is 29.2. The van der Waals surface area contributed by atoms with E-state index < -0.39 is 0 Å². The summed E-state index contributed by atoms with van der Waals surface area (Å²) in [7, 11) is 1.71. The molecule has 4 aliphatic rings. The molecule has 4 fully saturated rings. The molecular formula is C24H32N4O2. The third-order valence-corrected chi connectivity index (χ3v) is 7.49. The number of methoxy groups -OCH3 is 1. The summed E-state index contributed by atoms with van der Waals surface area (Å²) in [6.45, 7) is 1.41. The largest absolute Gasteiger partial charge is 0.385 e. The van der Waals surface area contributed by atoms with E-state index in [1.807, 2.05) is 35.0 Å². The molecule has 30 heavy (non-hydrogen) atoms. The standard InChI is InChI=1S/C24H32N4O2/c1-30-11-5-10-25-22-20(16-26-28(22)19-6-3-2-4-7-19)23(29)27-21-9-8-17-12-18-14-24(21,13-17)15-18/h2-4,6-7,16-18,21,25H,5,8-15H2,1H3,(H,27,29). The van der Waals surface area contributed by atoms with Crippen LogP contribution >= 0.6 is 0 Å². The van der Waals surface area contributed by atoms with E-state index in [-0.39, 0.29) is 5.91 Å². The number of benzene rings is 1. The first-order valence-electron chi connectivity index (χ1n) is 11.4. The minimum atomic E-state index is -0.00160. The van der Waals surface area contributed by atoms with E-state index in [1.165, 1.54) is 32.1 Å². The van der Waals surface area contributed by atoms with Crippen LogP contribution in [0.3, 0.4) is 0 Å². The second-order valence-electron chi connectivity index (χ2n) is 9.47. The molecule has 2 N–H and O–H groups in total. The van der Waals surface area contributed by atoms with Crippen molar-refractivity contribution in [3.8, 4) is 5.69 Å². The molecule has 2 unspecified atom stereocenters. The zero-order chi connectivity index (χ0) is 20.6. The number of ether oxygens (including phenoxy) is 1. The highest BCUT2D eigenvalue weighted by molar-refractivity contribution is 5.99. The van der Waals surface area contributed by atoms with Crippen LogP contribution in [0.25, 0.3) is 5.69 Å². The summed E-state index contributed by atoms with van der Waals surface area (Å²) in [6.07, 6.45) is 10.3. The molecule has 2 aromatic rings. The molecule has 0 aliphatic heterocycles. The second kappa shape index (κ2) is 8.06. The van der Waals surface area contributed by atoms with Gasteiger partial charge in [-0.05, 0) is 74.3 Å². The monoisotopic (exact) mass is 408 g/mol. The van der Waals surface area contributed by atoms with Gasteiger partial charge in [0.25, 0.3) is 5.91 Å². The highest BCUT2D eigenvalue weighted by Crippen LogP contribution is 2.63. The van der Waals surface area contributed by atoms with Crippen molar-refractivity contribution in [2.24, 2.45) is 17.3 Å². The van der Waals surface area contributed by atoms with E-state index in [4.69, 9.17) is 4.74 Å². The average Bonchev–Trinajstić information content (AvgIpc) is 3.17. The lowest BCUT2D eigenvalue weighted by Gasteiger charge is -2.62. The fraction of sp³-hybridized carbons (Fsp3) is 0.583. The Morgan fingerprint density at radius 1 is 1.20 bits per heavy atom. The Kier molecular flexibility index (Phi) is 5.27. The summed E-state index contributed by atoms with van der Waals surface area (Å²) in [5.74, 6) is 2.56. The first-order chi connectivity index (χ1) is 14.7. The van der Waals surface area contributed by atoms with E-state index in [1.54, 1.807) is 13.3 Å². The Hall–Kier alpha value is -2.34. The van der Waals surface area contributed by atoms with Gasteiger partial charge in [0.05, 0.1) is 11.9 Å². The Morgan fingerprint density at radius 2 is 2.00 bits per heavy atom. The van der Waals surface area contributed by atoms with Crippen LogP contribution in [0.5, 0.6) is 0 Å². The van der Waals surface area contributed by atoms with E-state index in [0.29, 0.717) is 23.6 Å². The highest BCUT2D eigenvalue weighted by atomic mass is 16.5. The smallest absolute Gasteiger partial charge is 0.256 e. The molecule has 6 heteroatoms.